The van der Waals surface area contributed by atoms with Crippen LogP contribution in [0.15, 0.2) is 95.7 Å². The molecule has 3 aromatic carbocycles. The number of hydrogen-bond acceptors (Lipinski definition) is 10. The van der Waals surface area contributed by atoms with Gasteiger partial charge in [0.1, 0.15) is 16.9 Å². The number of likely N-dealkylation sites (tertiary alicyclic amines) is 1. The van der Waals surface area contributed by atoms with Gasteiger partial charge in [-0.15, -0.1) is 0 Å². The molecular formula is C51H58Cl2N8O5S. The molecule has 0 atom stereocenters. The Morgan fingerprint density at radius 3 is 2.46 bits per heavy atom. The number of anilines is 1. The lowest BCUT2D eigenvalue weighted by atomic mass is 9.72. The molecule has 0 bridgehead atoms. The van der Waals surface area contributed by atoms with Crippen LogP contribution in [-0.2, 0) is 14.8 Å². The molecule has 1 amide bonds. The molecule has 3 fully saturated rings. The first-order chi connectivity index (χ1) is 32.4. The van der Waals surface area contributed by atoms with E-state index < -0.39 is 15.9 Å². The van der Waals surface area contributed by atoms with Gasteiger partial charge in [0, 0.05) is 74.3 Å². The van der Waals surface area contributed by atoms with Crippen molar-refractivity contribution >= 4 is 72.5 Å². The van der Waals surface area contributed by atoms with Crippen molar-refractivity contribution in [2.75, 3.05) is 70.5 Å². The number of nitrogens with one attached hydrogen (secondary N) is 2. The van der Waals surface area contributed by atoms with E-state index in [2.05, 4.69) is 50.4 Å². The summed E-state index contributed by atoms with van der Waals surface area (Å²) in [6.07, 6.45) is 11.0. The molecule has 4 aliphatic rings. The minimum atomic E-state index is -4.35. The van der Waals surface area contributed by atoms with E-state index in [1.807, 2.05) is 42.6 Å². The third-order valence-corrected chi connectivity index (χ3v) is 16.2. The number of aromatic amines is 1. The summed E-state index contributed by atoms with van der Waals surface area (Å²) in [6.45, 7) is 13.1. The highest BCUT2D eigenvalue weighted by Gasteiger charge is 2.31. The summed E-state index contributed by atoms with van der Waals surface area (Å²) in [5, 5.41) is 6.49. The molecule has 352 valence electrons. The lowest BCUT2D eigenvalue weighted by Gasteiger charge is -2.39. The van der Waals surface area contributed by atoms with Gasteiger partial charge in [-0.1, -0.05) is 54.8 Å². The number of ether oxygens (including phenoxy) is 2. The van der Waals surface area contributed by atoms with Gasteiger partial charge in [-0.05, 0) is 141 Å². The standard InChI is InChI=1S/C51H58Cl2N8O5S/c1-51(2)17-11-37(43(30-51)35-3-5-38(52)6-4-35)32-58-21-23-60(24-22-58)40-7-9-42(46(28-40)61-47-27-36-12-18-54-49(36)56-45(47)31-55-61)50(62)57-67(63,64)41-8-10-48(44(53)29-41)66-33-34-13-19-59(20-14-34)39-15-25-65-26-16-39/h3-10,12,18,27-29,31,34,39H,11,13-17,19-26,30,32-33H2,1-2H3,(H,54,56)(H,57,62). The van der Waals surface area contributed by atoms with E-state index in [4.69, 9.17) is 42.8 Å². The molecule has 3 aliphatic heterocycles. The summed E-state index contributed by atoms with van der Waals surface area (Å²) in [5.41, 5.74) is 7.93. The average Bonchev–Trinajstić information content (AvgIpc) is 3.98. The smallest absolute Gasteiger partial charge is 0.267 e. The topological polar surface area (TPSA) is 138 Å². The van der Waals surface area contributed by atoms with E-state index in [1.165, 1.54) is 28.8 Å². The van der Waals surface area contributed by atoms with E-state index in [-0.39, 0.29) is 20.9 Å². The summed E-state index contributed by atoms with van der Waals surface area (Å²) < 4.78 is 43.5. The summed E-state index contributed by atoms with van der Waals surface area (Å²) in [7, 11) is -4.35. The van der Waals surface area contributed by atoms with E-state index in [9.17, 15) is 13.2 Å². The van der Waals surface area contributed by atoms with E-state index >= 15 is 0 Å². The lowest BCUT2D eigenvalue weighted by Crippen LogP contribution is -2.47. The molecule has 2 N–H and O–H groups in total. The number of pyridine rings is 1. The number of benzene rings is 3. The van der Waals surface area contributed by atoms with Crippen LogP contribution in [0, 0.1) is 11.3 Å². The third-order valence-electron chi connectivity index (χ3n) is 14.3. The SMILES string of the molecule is CC1(C)CCC(CN2CCN(c3ccc(C(=O)NS(=O)(=O)c4ccc(OCC5CCN(C6CCOCC6)CC5)c(Cl)c4)c(-n4ncc5nc6[nH]ccc6cc54)c3)CC2)=C(c2ccc(Cl)cc2)C1. The van der Waals surface area contributed by atoms with Gasteiger partial charge in [-0.3, -0.25) is 9.69 Å². The Morgan fingerprint density at radius 1 is 0.925 bits per heavy atom. The van der Waals surface area contributed by atoms with Crippen molar-refractivity contribution in [3.8, 4) is 11.4 Å². The largest absolute Gasteiger partial charge is 0.492 e. The van der Waals surface area contributed by atoms with Gasteiger partial charge in [-0.2, -0.15) is 5.10 Å². The van der Waals surface area contributed by atoms with Crippen LogP contribution in [0.2, 0.25) is 10.0 Å². The normalized spacial score (nSPS) is 19.4. The van der Waals surface area contributed by atoms with Crippen molar-refractivity contribution in [3.05, 3.63) is 112 Å². The Labute approximate surface area is 402 Å². The second-order valence-corrected chi connectivity index (χ2v) is 21.9. The Balaban J connectivity index is 0.850. The molecule has 1 aliphatic carbocycles. The maximum absolute atomic E-state index is 14.3. The van der Waals surface area contributed by atoms with Crippen LogP contribution < -0.4 is 14.4 Å². The Hall–Kier alpha value is -4.96. The number of amides is 1. The minimum Gasteiger partial charge on any atom is -0.492 e. The maximum Gasteiger partial charge on any atom is 0.267 e. The molecule has 3 aromatic heterocycles. The number of carbonyl (C=O) groups is 1. The number of rotatable bonds is 12. The Kier molecular flexibility index (Phi) is 13.1. The highest BCUT2D eigenvalue weighted by atomic mass is 35.5. The highest BCUT2D eigenvalue weighted by molar-refractivity contribution is 7.90. The number of piperazine rings is 1. The van der Waals surface area contributed by atoms with E-state index in [0.29, 0.717) is 41.0 Å². The fourth-order valence-corrected chi connectivity index (χ4v) is 11.8. The van der Waals surface area contributed by atoms with Crippen molar-refractivity contribution in [1.29, 1.82) is 0 Å². The lowest BCUT2D eigenvalue weighted by molar-refractivity contribution is 0.0175. The fourth-order valence-electron chi connectivity index (χ4n) is 10.3. The van der Waals surface area contributed by atoms with Crippen molar-refractivity contribution in [2.24, 2.45) is 11.3 Å². The average molecular weight is 966 g/mol. The monoisotopic (exact) mass is 964 g/mol. The molecule has 6 heterocycles. The molecule has 10 rings (SSSR count). The van der Waals surface area contributed by atoms with Crippen LogP contribution in [-0.4, -0.2) is 116 Å². The Bertz CT molecular complexity index is 2910. The zero-order valence-corrected chi connectivity index (χ0v) is 40.5. The summed E-state index contributed by atoms with van der Waals surface area (Å²) >= 11 is 12.9. The molecule has 6 aromatic rings. The number of carbonyl (C=O) groups excluding carboxylic acids is 1. The van der Waals surface area contributed by atoms with Crippen molar-refractivity contribution in [2.45, 2.75) is 69.7 Å². The van der Waals surface area contributed by atoms with Crippen LogP contribution in [0.5, 0.6) is 5.75 Å². The van der Waals surface area contributed by atoms with Gasteiger partial charge >= 0.3 is 0 Å². The number of fused-ring (bicyclic) bond motifs is 2. The first-order valence-corrected chi connectivity index (χ1v) is 25.8. The number of nitrogens with zero attached hydrogens (tertiary/aromatic N) is 6. The zero-order chi connectivity index (χ0) is 46.3. The number of halogens is 2. The molecule has 67 heavy (non-hydrogen) atoms. The van der Waals surface area contributed by atoms with Crippen LogP contribution in [0.4, 0.5) is 5.69 Å². The highest BCUT2D eigenvalue weighted by Crippen LogP contribution is 2.43. The number of hydrogen-bond donors (Lipinski definition) is 2. The van der Waals surface area contributed by atoms with Gasteiger partial charge in [0.25, 0.3) is 15.9 Å². The molecule has 0 spiro atoms. The van der Waals surface area contributed by atoms with Crippen molar-refractivity contribution < 1.29 is 22.7 Å². The van der Waals surface area contributed by atoms with Gasteiger partial charge < -0.3 is 24.3 Å². The molecule has 0 radical (unpaired) electrons. The quantitative estimate of drug-likeness (QED) is 0.122. The summed E-state index contributed by atoms with van der Waals surface area (Å²) in [6, 6.07) is 22.6. The number of H-pyrrole nitrogens is 1. The minimum absolute atomic E-state index is 0.140. The number of piperidine rings is 1. The van der Waals surface area contributed by atoms with E-state index in [1.54, 1.807) is 23.0 Å². The van der Waals surface area contributed by atoms with E-state index in [0.717, 1.165) is 126 Å². The number of aromatic nitrogens is 4. The van der Waals surface area contributed by atoms with Crippen LogP contribution in [0.1, 0.15) is 74.7 Å². The maximum atomic E-state index is 14.3. The second kappa shape index (κ2) is 19.2. The number of allylic oxidation sites excluding steroid dienone is 1. The Morgan fingerprint density at radius 2 is 1.70 bits per heavy atom. The van der Waals surface area contributed by atoms with Gasteiger partial charge in [0.2, 0.25) is 0 Å². The fraction of sp³-hybridized carbons (Fsp3) is 0.431. The molecule has 3 saturated heterocycles. The summed E-state index contributed by atoms with van der Waals surface area (Å²) in [5.74, 6) is -0.00978. The first kappa shape index (κ1) is 45.8. The zero-order valence-electron chi connectivity index (χ0n) is 38.1. The molecule has 0 saturated carbocycles. The molecule has 16 heteroatoms. The van der Waals surface area contributed by atoms with Crippen molar-refractivity contribution in [3.63, 3.8) is 0 Å². The van der Waals surface area contributed by atoms with Crippen molar-refractivity contribution in [1.82, 2.24) is 34.3 Å². The molecule has 0 unspecified atom stereocenters. The third kappa shape index (κ3) is 10.1. The summed E-state index contributed by atoms with van der Waals surface area (Å²) in [4.78, 5) is 29.4. The van der Waals surface area contributed by atoms with Gasteiger partial charge in [0.05, 0.1) is 39.5 Å². The van der Waals surface area contributed by atoms with Crippen LogP contribution >= 0.6 is 23.2 Å². The predicted molar refractivity (Wildman–Crippen MR) is 265 cm³/mol. The first-order valence-electron chi connectivity index (χ1n) is 23.6. The predicted octanol–water partition coefficient (Wildman–Crippen LogP) is 9.38. The van der Waals surface area contributed by atoms with Gasteiger partial charge in [0.15, 0.2) is 0 Å². The van der Waals surface area contributed by atoms with Gasteiger partial charge in [-0.25, -0.2) is 22.8 Å². The number of sulfonamides is 1. The molecule has 13 nitrogen and oxygen atoms in total. The van der Waals surface area contributed by atoms with Crippen LogP contribution in [0.3, 0.4) is 0 Å². The second-order valence-electron chi connectivity index (χ2n) is 19.4. The molecular weight excluding hydrogens is 908 g/mol. The van der Waals surface area contributed by atoms with Crippen LogP contribution in [0.25, 0.3) is 33.3 Å².